The van der Waals surface area contributed by atoms with E-state index in [1.807, 2.05) is 23.6 Å². The molecule has 0 aliphatic rings. The summed E-state index contributed by atoms with van der Waals surface area (Å²) >= 11 is 1.66. The molecule has 0 amide bonds. The largest absolute Gasteiger partial charge is 0.467 e. The summed E-state index contributed by atoms with van der Waals surface area (Å²) in [6.45, 7) is 0.657. The van der Waals surface area contributed by atoms with Gasteiger partial charge in [0.15, 0.2) is 9.84 Å². The van der Waals surface area contributed by atoms with Crippen molar-refractivity contribution >= 4 is 27.0 Å². The minimum atomic E-state index is -3.23. The molecule has 2 aromatic heterocycles. The maximum Gasteiger partial charge on any atom is 0.318 e. The van der Waals surface area contributed by atoms with E-state index in [0.717, 1.165) is 5.56 Å². The molecule has 2 heterocycles. The molecular formula is C17H17N3O3S2. The molecule has 0 aliphatic heterocycles. The van der Waals surface area contributed by atoms with Crippen molar-refractivity contribution in [2.24, 2.45) is 0 Å². The second-order valence-corrected chi connectivity index (χ2v) is 8.40. The van der Waals surface area contributed by atoms with Gasteiger partial charge in [-0.3, -0.25) is 0 Å². The van der Waals surface area contributed by atoms with Crippen molar-refractivity contribution in [3.05, 3.63) is 52.7 Å². The van der Waals surface area contributed by atoms with Crippen LogP contribution in [0, 0.1) is 0 Å². The molecular weight excluding hydrogens is 358 g/mol. The van der Waals surface area contributed by atoms with E-state index < -0.39 is 9.84 Å². The number of hydrogen-bond acceptors (Lipinski definition) is 7. The molecule has 3 aromatic rings. The first kappa shape index (κ1) is 17.4. The zero-order valence-electron chi connectivity index (χ0n) is 13.8. The molecule has 0 bridgehead atoms. The Labute approximate surface area is 150 Å². The molecule has 1 aromatic carbocycles. The third-order valence-corrected chi connectivity index (χ3v) is 5.50. The molecule has 3 rings (SSSR count). The van der Waals surface area contributed by atoms with Crippen molar-refractivity contribution in [1.82, 2.24) is 9.97 Å². The highest BCUT2D eigenvalue weighted by molar-refractivity contribution is 7.90. The zero-order valence-corrected chi connectivity index (χ0v) is 15.4. The molecule has 0 fully saturated rings. The monoisotopic (exact) mass is 375 g/mol. The summed E-state index contributed by atoms with van der Waals surface area (Å²) in [6.07, 6.45) is 1.18. The van der Waals surface area contributed by atoms with Crippen molar-refractivity contribution < 1.29 is 13.2 Å². The number of benzene rings is 1. The molecule has 0 spiro atoms. The van der Waals surface area contributed by atoms with Gasteiger partial charge >= 0.3 is 6.01 Å². The van der Waals surface area contributed by atoms with Crippen molar-refractivity contribution in [3.63, 3.8) is 0 Å². The Hall–Kier alpha value is -2.45. The van der Waals surface area contributed by atoms with Gasteiger partial charge in [-0.2, -0.15) is 9.97 Å². The van der Waals surface area contributed by atoms with Gasteiger partial charge < -0.3 is 10.1 Å². The van der Waals surface area contributed by atoms with Gasteiger partial charge in [-0.25, -0.2) is 8.42 Å². The van der Waals surface area contributed by atoms with Crippen LogP contribution in [0.3, 0.4) is 0 Å². The van der Waals surface area contributed by atoms with Crippen LogP contribution >= 0.6 is 11.3 Å². The Kier molecular flexibility index (Phi) is 5.00. The maximum absolute atomic E-state index is 11.6. The summed E-state index contributed by atoms with van der Waals surface area (Å²) in [5.74, 6) is 0.641. The third kappa shape index (κ3) is 4.34. The number of nitrogens with one attached hydrogen (secondary N) is 1. The van der Waals surface area contributed by atoms with Gasteiger partial charge in [0.1, 0.15) is 5.82 Å². The smallest absolute Gasteiger partial charge is 0.318 e. The van der Waals surface area contributed by atoms with Crippen LogP contribution in [0.1, 0.15) is 4.88 Å². The number of anilines is 1. The molecule has 0 saturated carbocycles. The molecule has 1 N–H and O–H groups in total. The highest BCUT2D eigenvalue weighted by atomic mass is 32.2. The van der Waals surface area contributed by atoms with Gasteiger partial charge in [-0.05, 0) is 23.6 Å². The van der Waals surface area contributed by atoms with Crippen LogP contribution < -0.4 is 10.1 Å². The molecule has 8 heteroatoms. The second-order valence-electron chi connectivity index (χ2n) is 5.35. The fraction of sp³-hybridized carbons (Fsp3) is 0.176. The number of ether oxygens (including phenoxy) is 1. The first-order valence-electron chi connectivity index (χ1n) is 7.45. The number of rotatable bonds is 6. The third-order valence-electron chi connectivity index (χ3n) is 3.49. The molecule has 0 atom stereocenters. The summed E-state index contributed by atoms with van der Waals surface area (Å²) in [5, 5.41) is 5.27. The lowest BCUT2D eigenvalue weighted by molar-refractivity contribution is 0.381. The fourth-order valence-corrected chi connectivity index (χ4v) is 3.49. The molecule has 0 unspecified atom stereocenters. The molecule has 0 aliphatic carbocycles. The van der Waals surface area contributed by atoms with Crippen LogP contribution in [0.2, 0.25) is 0 Å². The SMILES string of the molecule is COc1nc(NCc2cccs2)cc(-c2ccc(S(C)(=O)=O)cc2)n1. The summed E-state index contributed by atoms with van der Waals surface area (Å²) < 4.78 is 28.3. The topological polar surface area (TPSA) is 81.2 Å². The van der Waals surface area contributed by atoms with Crippen LogP contribution in [-0.2, 0) is 16.4 Å². The Morgan fingerprint density at radius 2 is 1.92 bits per heavy atom. The lowest BCUT2D eigenvalue weighted by Gasteiger charge is -2.09. The summed E-state index contributed by atoms with van der Waals surface area (Å²) in [4.78, 5) is 10.1. The highest BCUT2D eigenvalue weighted by Crippen LogP contribution is 2.24. The Morgan fingerprint density at radius 3 is 2.52 bits per heavy atom. The number of nitrogens with zero attached hydrogens (tertiary/aromatic N) is 2. The highest BCUT2D eigenvalue weighted by Gasteiger charge is 2.10. The number of aromatic nitrogens is 2. The Morgan fingerprint density at radius 1 is 1.16 bits per heavy atom. The summed E-state index contributed by atoms with van der Waals surface area (Å²) in [5.41, 5.74) is 1.44. The van der Waals surface area contributed by atoms with Crippen LogP contribution in [-0.4, -0.2) is 31.8 Å². The van der Waals surface area contributed by atoms with Crippen molar-refractivity contribution in [3.8, 4) is 17.3 Å². The Balaban J connectivity index is 1.88. The maximum atomic E-state index is 11.6. The van der Waals surface area contributed by atoms with E-state index in [0.29, 0.717) is 18.1 Å². The van der Waals surface area contributed by atoms with E-state index in [1.54, 1.807) is 35.6 Å². The average molecular weight is 375 g/mol. The molecule has 6 nitrogen and oxygen atoms in total. The second kappa shape index (κ2) is 7.20. The van der Waals surface area contributed by atoms with E-state index >= 15 is 0 Å². The number of methoxy groups -OCH3 is 1. The van der Waals surface area contributed by atoms with E-state index in [9.17, 15) is 8.42 Å². The predicted octanol–water partition coefficient (Wildman–Crippen LogP) is 3.23. The van der Waals surface area contributed by atoms with Crippen LogP contribution in [0.5, 0.6) is 6.01 Å². The van der Waals surface area contributed by atoms with Gasteiger partial charge in [0.05, 0.1) is 24.2 Å². The van der Waals surface area contributed by atoms with Crippen LogP contribution in [0.4, 0.5) is 5.82 Å². The van der Waals surface area contributed by atoms with Gasteiger partial charge in [-0.15, -0.1) is 11.3 Å². The number of hydrogen-bond donors (Lipinski definition) is 1. The molecule has 130 valence electrons. The summed E-state index contributed by atoms with van der Waals surface area (Å²) in [7, 11) is -1.72. The fourth-order valence-electron chi connectivity index (χ4n) is 2.22. The predicted molar refractivity (Wildman–Crippen MR) is 98.8 cm³/mol. The normalized spacial score (nSPS) is 11.3. The zero-order chi connectivity index (χ0) is 17.9. The van der Waals surface area contributed by atoms with Gasteiger partial charge in [0, 0.05) is 22.8 Å². The number of thiophene rings is 1. The van der Waals surface area contributed by atoms with E-state index in [2.05, 4.69) is 15.3 Å². The lowest BCUT2D eigenvalue weighted by Crippen LogP contribution is -2.03. The average Bonchev–Trinajstić information content (AvgIpc) is 3.12. The van der Waals surface area contributed by atoms with E-state index in [-0.39, 0.29) is 10.9 Å². The first-order chi connectivity index (χ1) is 12.0. The standard InChI is InChI=1S/C17H17N3O3S2/c1-23-17-19-15(12-5-7-14(8-6-12)25(2,21)22)10-16(20-17)18-11-13-4-3-9-24-13/h3-10H,11H2,1-2H3,(H,18,19,20). The van der Waals surface area contributed by atoms with Crippen molar-refractivity contribution in [2.75, 3.05) is 18.7 Å². The van der Waals surface area contributed by atoms with Crippen LogP contribution in [0.25, 0.3) is 11.3 Å². The summed E-state index contributed by atoms with van der Waals surface area (Å²) in [6, 6.07) is 12.7. The Bertz CT molecular complexity index is 953. The lowest BCUT2D eigenvalue weighted by atomic mass is 10.1. The van der Waals surface area contributed by atoms with Gasteiger partial charge in [-0.1, -0.05) is 18.2 Å². The van der Waals surface area contributed by atoms with E-state index in [4.69, 9.17) is 4.74 Å². The molecule has 25 heavy (non-hydrogen) atoms. The van der Waals surface area contributed by atoms with E-state index in [1.165, 1.54) is 18.2 Å². The van der Waals surface area contributed by atoms with Gasteiger partial charge in [0.25, 0.3) is 0 Å². The molecule has 0 saturated heterocycles. The number of sulfone groups is 1. The van der Waals surface area contributed by atoms with Gasteiger partial charge in [0.2, 0.25) is 0 Å². The van der Waals surface area contributed by atoms with Crippen molar-refractivity contribution in [1.29, 1.82) is 0 Å². The first-order valence-corrected chi connectivity index (χ1v) is 10.2. The molecule has 0 radical (unpaired) electrons. The van der Waals surface area contributed by atoms with Crippen LogP contribution in [0.15, 0.2) is 52.7 Å². The minimum Gasteiger partial charge on any atom is -0.467 e. The van der Waals surface area contributed by atoms with Crippen molar-refractivity contribution in [2.45, 2.75) is 11.4 Å². The quantitative estimate of drug-likeness (QED) is 0.712. The minimum absolute atomic E-state index is 0.248.